The molecule has 3 N–H and O–H groups in total. The van der Waals surface area contributed by atoms with Gasteiger partial charge >= 0.3 is 0 Å². The molecule has 0 aromatic heterocycles. The van der Waals surface area contributed by atoms with Crippen LogP contribution in [-0.2, 0) is 4.79 Å². The fraction of sp³-hybridized carbons (Fsp3) is 0.750. The predicted molar refractivity (Wildman–Crippen MR) is 72.6 cm³/mol. The lowest BCUT2D eigenvalue weighted by atomic mass is 10.2. The van der Waals surface area contributed by atoms with Crippen LogP contribution in [0.25, 0.3) is 0 Å². The molecule has 0 spiro atoms. The van der Waals surface area contributed by atoms with Crippen molar-refractivity contribution in [2.75, 3.05) is 18.6 Å². The lowest BCUT2D eigenvalue weighted by molar-refractivity contribution is -0.122. The van der Waals surface area contributed by atoms with Crippen LogP contribution >= 0.6 is 11.8 Å². The molecule has 0 aromatic rings. The Morgan fingerprint density at radius 1 is 1.44 bits per heavy atom. The molecule has 0 aliphatic rings. The van der Waals surface area contributed by atoms with Crippen LogP contribution in [0.2, 0.25) is 0 Å². The van der Waals surface area contributed by atoms with Crippen LogP contribution in [0.5, 0.6) is 0 Å². The SMILES string of the molecule is C=CCC(N)C(=O)NCCCCCCSC. The Bertz CT molecular complexity index is 197. The zero-order chi connectivity index (χ0) is 12.2. The summed E-state index contributed by atoms with van der Waals surface area (Å²) in [5.74, 6) is 1.17. The fourth-order valence-electron chi connectivity index (χ4n) is 1.35. The van der Waals surface area contributed by atoms with E-state index < -0.39 is 6.04 Å². The quantitative estimate of drug-likeness (QED) is 0.456. The van der Waals surface area contributed by atoms with E-state index in [9.17, 15) is 4.79 Å². The zero-order valence-electron chi connectivity index (χ0n) is 10.2. The molecule has 3 nitrogen and oxygen atoms in total. The Kier molecular flexibility index (Phi) is 10.7. The molecule has 0 rings (SSSR count). The van der Waals surface area contributed by atoms with E-state index in [1.165, 1.54) is 25.0 Å². The monoisotopic (exact) mass is 244 g/mol. The standard InChI is InChI=1S/C12H24N2OS/c1-3-8-11(13)12(15)14-9-6-4-5-7-10-16-2/h3,11H,1,4-10,13H2,2H3,(H,14,15). The van der Waals surface area contributed by atoms with Gasteiger partial charge in [-0.2, -0.15) is 11.8 Å². The van der Waals surface area contributed by atoms with Gasteiger partial charge in [-0.1, -0.05) is 18.9 Å². The molecule has 4 heteroatoms. The van der Waals surface area contributed by atoms with Crippen LogP contribution in [-0.4, -0.2) is 30.5 Å². The molecular formula is C12H24N2OS. The molecule has 0 aliphatic carbocycles. The number of unbranched alkanes of at least 4 members (excludes halogenated alkanes) is 3. The fourth-order valence-corrected chi connectivity index (χ4v) is 1.85. The summed E-state index contributed by atoms with van der Waals surface area (Å²) in [6.07, 6.45) is 9.08. The van der Waals surface area contributed by atoms with E-state index in [2.05, 4.69) is 18.2 Å². The van der Waals surface area contributed by atoms with Crippen molar-refractivity contribution in [2.24, 2.45) is 5.73 Å². The Balaban J connectivity index is 3.30. The van der Waals surface area contributed by atoms with Crippen LogP contribution in [0, 0.1) is 0 Å². The number of carbonyl (C=O) groups excluding carboxylic acids is 1. The highest BCUT2D eigenvalue weighted by Crippen LogP contribution is 2.03. The van der Waals surface area contributed by atoms with Crippen molar-refractivity contribution in [1.82, 2.24) is 5.32 Å². The third kappa shape index (κ3) is 8.80. The maximum Gasteiger partial charge on any atom is 0.237 e. The summed E-state index contributed by atoms with van der Waals surface area (Å²) in [7, 11) is 0. The number of hydrogen-bond acceptors (Lipinski definition) is 3. The van der Waals surface area contributed by atoms with Crippen molar-refractivity contribution in [3.05, 3.63) is 12.7 Å². The summed E-state index contributed by atoms with van der Waals surface area (Å²) >= 11 is 1.88. The van der Waals surface area contributed by atoms with E-state index in [4.69, 9.17) is 5.73 Å². The number of nitrogens with one attached hydrogen (secondary N) is 1. The summed E-state index contributed by atoms with van der Waals surface area (Å²) in [4.78, 5) is 11.4. The second-order valence-corrected chi connectivity index (χ2v) is 4.81. The smallest absolute Gasteiger partial charge is 0.237 e. The number of rotatable bonds is 10. The topological polar surface area (TPSA) is 55.1 Å². The van der Waals surface area contributed by atoms with E-state index in [-0.39, 0.29) is 5.91 Å². The van der Waals surface area contributed by atoms with Gasteiger partial charge in [0.1, 0.15) is 0 Å². The first kappa shape index (κ1) is 15.5. The molecule has 0 fully saturated rings. The summed E-state index contributed by atoms with van der Waals surface area (Å²) < 4.78 is 0. The summed E-state index contributed by atoms with van der Waals surface area (Å²) in [5, 5.41) is 2.84. The summed E-state index contributed by atoms with van der Waals surface area (Å²) in [6, 6.07) is -0.436. The second kappa shape index (κ2) is 11.0. The second-order valence-electron chi connectivity index (χ2n) is 3.83. The molecule has 0 saturated heterocycles. The first-order chi connectivity index (χ1) is 7.72. The van der Waals surface area contributed by atoms with Gasteiger partial charge in [-0.25, -0.2) is 0 Å². The van der Waals surface area contributed by atoms with Crippen molar-refractivity contribution in [3.8, 4) is 0 Å². The maximum atomic E-state index is 11.4. The summed E-state index contributed by atoms with van der Waals surface area (Å²) in [5.41, 5.74) is 5.62. The van der Waals surface area contributed by atoms with Crippen molar-refractivity contribution < 1.29 is 4.79 Å². The molecule has 0 aromatic carbocycles. The van der Waals surface area contributed by atoms with Gasteiger partial charge in [-0.05, 0) is 31.3 Å². The Morgan fingerprint density at radius 3 is 2.75 bits per heavy atom. The Hall–Kier alpha value is -0.480. The van der Waals surface area contributed by atoms with Crippen molar-refractivity contribution in [1.29, 1.82) is 0 Å². The molecule has 1 atom stereocenters. The first-order valence-corrected chi connectivity index (χ1v) is 7.25. The van der Waals surface area contributed by atoms with Crippen LogP contribution in [0.3, 0.4) is 0 Å². The normalized spacial score (nSPS) is 12.1. The molecule has 0 saturated carbocycles. The lowest BCUT2D eigenvalue weighted by Gasteiger charge is -2.09. The van der Waals surface area contributed by atoms with Gasteiger partial charge < -0.3 is 11.1 Å². The molecule has 0 aliphatic heterocycles. The van der Waals surface area contributed by atoms with Crippen LogP contribution in [0.4, 0.5) is 0 Å². The largest absolute Gasteiger partial charge is 0.355 e. The van der Waals surface area contributed by atoms with Crippen LogP contribution in [0.1, 0.15) is 32.1 Å². The van der Waals surface area contributed by atoms with Gasteiger partial charge in [0, 0.05) is 6.54 Å². The highest BCUT2D eigenvalue weighted by Gasteiger charge is 2.09. The van der Waals surface area contributed by atoms with Crippen molar-refractivity contribution in [2.45, 2.75) is 38.1 Å². The average Bonchev–Trinajstić information content (AvgIpc) is 2.28. The van der Waals surface area contributed by atoms with Crippen molar-refractivity contribution in [3.63, 3.8) is 0 Å². The minimum atomic E-state index is -0.436. The van der Waals surface area contributed by atoms with E-state index in [1.54, 1.807) is 6.08 Å². The number of nitrogens with two attached hydrogens (primary N) is 1. The van der Waals surface area contributed by atoms with E-state index in [1.807, 2.05) is 11.8 Å². The molecule has 0 bridgehead atoms. The minimum absolute atomic E-state index is 0.0657. The third-order valence-corrected chi connectivity index (χ3v) is 3.03. The lowest BCUT2D eigenvalue weighted by Crippen LogP contribution is -2.40. The number of amides is 1. The van der Waals surface area contributed by atoms with Gasteiger partial charge in [0.15, 0.2) is 0 Å². The van der Waals surface area contributed by atoms with E-state index in [0.717, 1.165) is 13.0 Å². The number of hydrogen-bond donors (Lipinski definition) is 2. The first-order valence-electron chi connectivity index (χ1n) is 5.85. The van der Waals surface area contributed by atoms with Gasteiger partial charge in [0.05, 0.1) is 6.04 Å². The Morgan fingerprint density at radius 2 is 2.12 bits per heavy atom. The molecule has 1 amide bonds. The van der Waals surface area contributed by atoms with Gasteiger partial charge in [0.2, 0.25) is 5.91 Å². The molecule has 16 heavy (non-hydrogen) atoms. The maximum absolute atomic E-state index is 11.4. The molecule has 94 valence electrons. The number of carbonyl (C=O) groups is 1. The minimum Gasteiger partial charge on any atom is -0.355 e. The predicted octanol–water partition coefficient (Wildman–Crippen LogP) is 1.93. The van der Waals surface area contributed by atoms with Gasteiger partial charge in [-0.3, -0.25) is 4.79 Å². The third-order valence-electron chi connectivity index (χ3n) is 2.33. The van der Waals surface area contributed by atoms with Gasteiger partial charge in [0.25, 0.3) is 0 Å². The van der Waals surface area contributed by atoms with Crippen molar-refractivity contribution >= 4 is 17.7 Å². The van der Waals surface area contributed by atoms with E-state index >= 15 is 0 Å². The Labute approximate surface area is 103 Å². The highest BCUT2D eigenvalue weighted by atomic mass is 32.2. The zero-order valence-corrected chi connectivity index (χ0v) is 11.0. The van der Waals surface area contributed by atoms with Crippen LogP contribution in [0.15, 0.2) is 12.7 Å². The highest BCUT2D eigenvalue weighted by molar-refractivity contribution is 7.98. The molecule has 1 unspecified atom stereocenters. The molecular weight excluding hydrogens is 220 g/mol. The summed E-state index contributed by atoms with van der Waals surface area (Å²) in [6.45, 7) is 4.30. The van der Waals surface area contributed by atoms with Crippen LogP contribution < -0.4 is 11.1 Å². The molecule has 0 radical (unpaired) electrons. The number of thioether (sulfide) groups is 1. The average molecular weight is 244 g/mol. The van der Waals surface area contributed by atoms with E-state index in [0.29, 0.717) is 6.42 Å². The van der Waals surface area contributed by atoms with Gasteiger partial charge in [-0.15, -0.1) is 6.58 Å². The molecule has 0 heterocycles.